The Morgan fingerprint density at radius 3 is 2.08 bits per heavy atom. The zero-order chi connectivity index (χ0) is 9.41. The zero-order valence-electron chi connectivity index (χ0n) is 8.81. The van der Waals surface area contributed by atoms with Crippen molar-refractivity contribution in [1.82, 2.24) is 0 Å². The summed E-state index contributed by atoms with van der Waals surface area (Å²) >= 11 is 0. The summed E-state index contributed by atoms with van der Waals surface area (Å²) in [6.07, 6.45) is 2.47. The SMILES string of the molecule is CCC[C@H]1OC(C)(C)OC1(C)C. The maximum Gasteiger partial charge on any atom is 0.164 e. The molecular formula is C10H20O2. The second-order valence-electron chi connectivity index (χ2n) is 4.50. The molecule has 2 nitrogen and oxygen atoms in total. The van der Waals surface area contributed by atoms with Gasteiger partial charge in [-0.2, -0.15) is 0 Å². The van der Waals surface area contributed by atoms with Gasteiger partial charge in [-0.1, -0.05) is 13.3 Å². The van der Waals surface area contributed by atoms with Gasteiger partial charge in [0.2, 0.25) is 0 Å². The summed E-state index contributed by atoms with van der Waals surface area (Å²) < 4.78 is 11.6. The van der Waals surface area contributed by atoms with Crippen LogP contribution in [0.15, 0.2) is 0 Å². The van der Waals surface area contributed by atoms with Crippen molar-refractivity contribution in [3.63, 3.8) is 0 Å². The van der Waals surface area contributed by atoms with Crippen LogP contribution in [0.5, 0.6) is 0 Å². The van der Waals surface area contributed by atoms with E-state index in [1.807, 2.05) is 13.8 Å². The highest BCUT2D eigenvalue weighted by atomic mass is 16.8. The van der Waals surface area contributed by atoms with Crippen LogP contribution in [0.4, 0.5) is 0 Å². The van der Waals surface area contributed by atoms with Crippen molar-refractivity contribution in [1.29, 1.82) is 0 Å². The number of ether oxygens (including phenoxy) is 2. The van der Waals surface area contributed by atoms with E-state index in [1.54, 1.807) is 0 Å². The highest BCUT2D eigenvalue weighted by Crippen LogP contribution is 2.37. The van der Waals surface area contributed by atoms with Gasteiger partial charge in [-0.05, 0) is 34.1 Å². The molecule has 1 heterocycles. The van der Waals surface area contributed by atoms with E-state index in [4.69, 9.17) is 9.47 Å². The van der Waals surface area contributed by atoms with Crippen LogP contribution in [-0.2, 0) is 9.47 Å². The van der Waals surface area contributed by atoms with Crippen molar-refractivity contribution >= 4 is 0 Å². The first kappa shape index (κ1) is 10.0. The summed E-state index contributed by atoms with van der Waals surface area (Å²) in [5, 5.41) is 0. The molecule has 0 aromatic rings. The Labute approximate surface area is 75.2 Å². The average molecular weight is 172 g/mol. The van der Waals surface area contributed by atoms with Gasteiger partial charge in [0.1, 0.15) is 0 Å². The van der Waals surface area contributed by atoms with Crippen LogP contribution in [0.2, 0.25) is 0 Å². The first-order valence-corrected chi connectivity index (χ1v) is 4.75. The predicted molar refractivity (Wildman–Crippen MR) is 49.0 cm³/mol. The first-order chi connectivity index (χ1) is 5.37. The van der Waals surface area contributed by atoms with E-state index < -0.39 is 5.79 Å². The Hall–Kier alpha value is -0.0800. The summed E-state index contributed by atoms with van der Waals surface area (Å²) in [7, 11) is 0. The minimum Gasteiger partial charge on any atom is -0.344 e. The fourth-order valence-corrected chi connectivity index (χ4v) is 1.88. The van der Waals surface area contributed by atoms with E-state index in [0.717, 1.165) is 12.8 Å². The summed E-state index contributed by atoms with van der Waals surface area (Å²) in [6.45, 7) is 10.3. The first-order valence-electron chi connectivity index (χ1n) is 4.75. The average Bonchev–Trinajstić information content (AvgIpc) is 2.01. The van der Waals surface area contributed by atoms with E-state index in [9.17, 15) is 0 Å². The molecule has 0 aromatic carbocycles. The van der Waals surface area contributed by atoms with E-state index in [0.29, 0.717) is 0 Å². The second-order valence-corrected chi connectivity index (χ2v) is 4.50. The lowest BCUT2D eigenvalue weighted by molar-refractivity contribution is -0.157. The third-order valence-corrected chi connectivity index (χ3v) is 2.26. The molecule has 2 heteroatoms. The Kier molecular flexibility index (Phi) is 2.50. The molecule has 1 aliphatic rings. The van der Waals surface area contributed by atoms with Gasteiger partial charge in [0.15, 0.2) is 5.79 Å². The van der Waals surface area contributed by atoms with Gasteiger partial charge in [0, 0.05) is 0 Å². The van der Waals surface area contributed by atoms with Gasteiger partial charge in [-0.3, -0.25) is 0 Å². The van der Waals surface area contributed by atoms with Crippen LogP contribution >= 0.6 is 0 Å². The zero-order valence-corrected chi connectivity index (χ0v) is 8.81. The lowest BCUT2D eigenvalue weighted by atomic mass is 9.98. The molecule has 0 saturated carbocycles. The fraction of sp³-hybridized carbons (Fsp3) is 1.00. The molecular weight excluding hydrogens is 152 g/mol. The van der Waals surface area contributed by atoms with Crippen molar-refractivity contribution in [3.8, 4) is 0 Å². The lowest BCUT2D eigenvalue weighted by Crippen LogP contribution is -2.32. The highest BCUT2D eigenvalue weighted by Gasteiger charge is 2.46. The molecule has 0 bridgehead atoms. The molecule has 1 aliphatic heterocycles. The predicted octanol–water partition coefficient (Wildman–Crippen LogP) is 2.72. The molecule has 72 valence electrons. The minimum atomic E-state index is -0.399. The summed E-state index contributed by atoms with van der Waals surface area (Å²) in [5.41, 5.74) is -0.125. The molecule has 1 saturated heterocycles. The van der Waals surface area contributed by atoms with Crippen LogP contribution in [0.3, 0.4) is 0 Å². The molecule has 1 atom stereocenters. The van der Waals surface area contributed by atoms with Crippen LogP contribution in [-0.4, -0.2) is 17.5 Å². The van der Waals surface area contributed by atoms with Crippen molar-refractivity contribution in [2.75, 3.05) is 0 Å². The molecule has 0 N–H and O–H groups in total. The quantitative estimate of drug-likeness (QED) is 0.637. The molecule has 0 radical (unpaired) electrons. The van der Waals surface area contributed by atoms with E-state index in [2.05, 4.69) is 20.8 Å². The van der Waals surface area contributed by atoms with Crippen molar-refractivity contribution < 1.29 is 9.47 Å². The Balaban J connectivity index is 2.64. The smallest absolute Gasteiger partial charge is 0.164 e. The summed E-state index contributed by atoms with van der Waals surface area (Å²) in [5.74, 6) is -0.399. The monoisotopic (exact) mass is 172 g/mol. The van der Waals surface area contributed by atoms with Gasteiger partial charge in [0.05, 0.1) is 11.7 Å². The summed E-state index contributed by atoms with van der Waals surface area (Å²) in [4.78, 5) is 0. The third kappa shape index (κ3) is 1.99. The molecule has 0 aliphatic carbocycles. The van der Waals surface area contributed by atoms with Gasteiger partial charge < -0.3 is 9.47 Å². The number of hydrogen-bond acceptors (Lipinski definition) is 2. The van der Waals surface area contributed by atoms with Crippen LogP contribution < -0.4 is 0 Å². The highest BCUT2D eigenvalue weighted by molar-refractivity contribution is 4.88. The number of rotatable bonds is 2. The third-order valence-electron chi connectivity index (χ3n) is 2.26. The van der Waals surface area contributed by atoms with Gasteiger partial charge >= 0.3 is 0 Å². The van der Waals surface area contributed by atoms with Crippen molar-refractivity contribution in [2.24, 2.45) is 0 Å². The molecule has 1 fully saturated rings. The molecule has 1 rings (SSSR count). The topological polar surface area (TPSA) is 18.5 Å². The Morgan fingerprint density at radius 1 is 1.17 bits per heavy atom. The normalized spacial score (nSPS) is 32.2. The van der Waals surface area contributed by atoms with Gasteiger partial charge in [-0.15, -0.1) is 0 Å². The fourth-order valence-electron chi connectivity index (χ4n) is 1.88. The van der Waals surface area contributed by atoms with Crippen molar-refractivity contribution in [3.05, 3.63) is 0 Å². The molecule has 0 amide bonds. The van der Waals surface area contributed by atoms with Crippen LogP contribution in [0.1, 0.15) is 47.5 Å². The minimum absolute atomic E-state index is 0.125. The van der Waals surface area contributed by atoms with E-state index >= 15 is 0 Å². The molecule has 0 aromatic heterocycles. The lowest BCUT2D eigenvalue weighted by Gasteiger charge is -2.23. The molecule has 12 heavy (non-hydrogen) atoms. The Bertz CT molecular complexity index is 161. The van der Waals surface area contributed by atoms with Gasteiger partial charge in [0.25, 0.3) is 0 Å². The molecule has 0 unspecified atom stereocenters. The van der Waals surface area contributed by atoms with Crippen LogP contribution in [0.25, 0.3) is 0 Å². The molecule has 0 spiro atoms. The maximum absolute atomic E-state index is 5.78. The standard InChI is InChI=1S/C10H20O2/c1-6-7-8-9(2,3)12-10(4,5)11-8/h8H,6-7H2,1-5H3/t8-/m1/s1. The second kappa shape index (κ2) is 3.00. The number of hydrogen-bond donors (Lipinski definition) is 0. The Morgan fingerprint density at radius 2 is 1.75 bits per heavy atom. The van der Waals surface area contributed by atoms with Gasteiger partial charge in [-0.25, -0.2) is 0 Å². The van der Waals surface area contributed by atoms with E-state index in [1.165, 1.54) is 0 Å². The van der Waals surface area contributed by atoms with Crippen molar-refractivity contribution in [2.45, 2.75) is 65.0 Å². The van der Waals surface area contributed by atoms with Crippen LogP contribution in [0, 0.1) is 0 Å². The summed E-state index contributed by atoms with van der Waals surface area (Å²) in [6, 6.07) is 0. The maximum atomic E-state index is 5.78. The largest absolute Gasteiger partial charge is 0.344 e. The van der Waals surface area contributed by atoms with E-state index in [-0.39, 0.29) is 11.7 Å².